The van der Waals surface area contributed by atoms with Crippen molar-refractivity contribution in [3.8, 4) is 0 Å². The molecule has 0 bridgehead atoms. The molecule has 0 radical (unpaired) electrons. The van der Waals surface area contributed by atoms with E-state index in [0.29, 0.717) is 11.3 Å². The summed E-state index contributed by atoms with van der Waals surface area (Å²) in [6.07, 6.45) is 3.73. The fraction of sp³-hybridized carbons (Fsp3) is 0.125. The third-order valence-corrected chi connectivity index (χ3v) is 2.60. The number of allylic oxidation sites excluding steroid dienone is 1. The van der Waals surface area contributed by atoms with Gasteiger partial charge >= 0.3 is 5.97 Å². The minimum atomic E-state index is -0.376. The Bertz CT molecular complexity index is 573. The minimum absolute atomic E-state index is 0.376. The van der Waals surface area contributed by atoms with Gasteiger partial charge in [0.25, 0.3) is 0 Å². The number of benzene rings is 1. The fourth-order valence-electron chi connectivity index (χ4n) is 1.71. The third kappa shape index (κ3) is 3.78. The zero-order chi connectivity index (χ0) is 13.7. The van der Waals surface area contributed by atoms with E-state index in [-0.39, 0.29) is 5.97 Å². The summed E-state index contributed by atoms with van der Waals surface area (Å²) in [5, 5.41) is 0. The van der Waals surface area contributed by atoms with E-state index in [1.165, 1.54) is 5.56 Å². The number of rotatable bonds is 4. The van der Waals surface area contributed by atoms with Crippen LogP contribution in [0.1, 0.15) is 22.8 Å². The molecule has 0 saturated heterocycles. The fourth-order valence-corrected chi connectivity index (χ4v) is 1.71. The monoisotopic (exact) mass is 254 g/mol. The van der Waals surface area contributed by atoms with Crippen molar-refractivity contribution in [2.24, 2.45) is 0 Å². The first-order chi connectivity index (χ1) is 9.15. The molecule has 2 rings (SSSR count). The van der Waals surface area contributed by atoms with E-state index >= 15 is 0 Å². The zero-order valence-electron chi connectivity index (χ0n) is 10.9. The minimum Gasteiger partial charge on any atom is -0.428 e. The van der Waals surface area contributed by atoms with E-state index in [4.69, 9.17) is 4.74 Å². The number of pyridine rings is 1. The van der Waals surface area contributed by atoms with Gasteiger partial charge in [0.15, 0.2) is 18.9 Å². The zero-order valence-corrected chi connectivity index (χ0v) is 10.9. The van der Waals surface area contributed by atoms with Gasteiger partial charge in [0.05, 0.1) is 11.3 Å². The Morgan fingerprint density at radius 3 is 2.37 bits per heavy atom. The molecular weight excluding hydrogens is 238 g/mol. The summed E-state index contributed by atoms with van der Waals surface area (Å²) >= 11 is 0. The molecule has 0 aliphatic rings. The smallest absolute Gasteiger partial charge is 0.343 e. The lowest BCUT2D eigenvalue weighted by atomic mass is 10.2. The van der Waals surface area contributed by atoms with Gasteiger partial charge in [-0.15, -0.1) is 0 Å². The number of nitrogens with zero attached hydrogens (tertiary/aromatic N) is 1. The summed E-state index contributed by atoms with van der Waals surface area (Å²) < 4.78 is 6.96. The van der Waals surface area contributed by atoms with E-state index in [1.807, 2.05) is 35.2 Å². The van der Waals surface area contributed by atoms with Crippen molar-refractivity contribution in [3.05, 3.63) is 78.3 Å². The maximum Gasteiger partial charge on any atom is 0.343 e. The average Bonchev–Trinajstić information content (AvgIpc) is 2.40. The Balaban J connectivity index is 2.06. The van der Waals surface area contributed by atoms with Crippen LogP contribution in [0.15, 0.2) is 67.2 Å². The molecule has 0 saturated carbocycles. The van der Waals surface area contributed by atoms with Crippen LogP contribution in [-0.2, 0) is 11.3 Å². The highest BCUT2D eigenvalue weighted by molar-refractivity contribution is 5.89. The second-order valence-electron chi connectivity index (χ2n) is 4.34. The van der Waals surface area contributed by atoms with Gasteiger partial charge in [-0.1, -0.05) is 36.9 Å². The van der Waals surface area contributed by atoms with E-state index in [9.17, 15) is 4.79 Å². The van der Waals surface area contributed by atoms with Crippen LogP contribution in [-0.4, -0.2) is 5.97 Å². The van der Waals surface area contributed by atoms with E-state index in [1.54, 1.807) is 19.1 Å². The molecular formula is C16H16NO2+. The summed E-state index contributed by atoms with van der Waals surface area (Å²) in [4.78, 5) is 11.6. The molecule has 3 heteroatoms. The van der Waals surface area contributed by atoms with Crippen LogP contribution in [0.25, 0.3) is 0 Å². The third-order valence-electron chi connectivity index (χ3n) is 2.60. The lowest BCUT2D eigenvalue weighted by Gasteiger charge is -2.02. The van der Waals surface area contributed by atoms with Crippen molar-refractivity contribution >= 4 is 5.97 Å². The van der Waals surface area contributed by atoms with Crippen LogP contribution in [0.2, 0.25) is 0 Å². The molecule has 0 amide bonds. The lowest BCUT2D eigenvalue weighted by molar-refractivity contribution is -0.688. The van der Waals surface area contributed by atoms with Crippen LogP contribution >= 0.6 is 0 Å². The number of hydrogen-bond acceptors (Lipinski definition) is 2. The maximum atomic E-state index is 11.6. The molecule has 0 spiro atoms. The van der Waals surface area contributed by atoms with Gasteiger partial charge in [-0.2, -0.15) is 0 Å². The molecule has 2 aromatic rings. The molecule has 0 unspecified atom stereocenters. The van der Waals surface area contributed by atoms with Crippen LogP contribution in [0, 0.1) is 0 Å². The number of ether oxygens (including phenoxy) is 1. The van der Waals surface area contributed by atoms with E-state index in [2.05, 4.69) is 18.7 Å². The van der Waals surface area contributed by atoms with Gasteiger partial charge in [-0.3, -0.25) is 0 Å². The summed E-state index contributed by atoms with van der Waals surface area (Å²) in [6.45, 7) is 5.97. The van der Waals surface area contributed by atoms with Gasteiger partial charge in [-0.25, -0.2) is 9.36 Å². The molecule has 0 N–H and O–H groups in total. The molecule has 0 atom stereocenters. The summed E-state index contributed by atoms with van der Waals surface area (Å²) in [6, 6.07) is 13.6. The Kier molecular flexibility index (Phi) is 4.08. The van der Waals surface area contributed by atoms with Gasteiger partial charge < -0.3 is 4.74 Å². The molecule has 3 nitrogen and oxygen atoms in total. The second-order valence-corrected chi connectivity index (χ2v) is 4.34. The Morgan fingerprint density at radius 1 is 1.16 bits per heavy atom. The first-order valence-electron chi connectivity index (χ1n) is 6.06. The predicted octanol–water partition coefficient (Wildman–Crippen LogP) is 2.71. The van der Waals surface area contributed by atoms with Crippen LogP contribution in [0.3, 0.4) is 0 Å². The van der Waals surface area contributed by atoms with Crippen molar-refractivity contribution in [1.29, 1.82) is 0 Å². The number of carbonyl (C=O) groups excluding carboxylic acids is 1. The predicted molar refractivity (Wildman–Crippen MR) is 72.4 cm³/mol. The SMILES string of the molecule is C=C(C)OC(=O)c1cc[n+](Cc2ccccc2)cc1. The van der Waals surface area contributed by atoms with Crippen LogP contribution in [0.4, 0.5) is 0 Å². The number of carbonyl (C=O) groups is 1. The molecule has 1 heterocycles. The van der Waals surface area contributed by atoms with E-state index < -0.39 is 0 Å². The highest BCUT2D eigenvalue weighted by Gasteiger charge is 2.10. The Morgan fingerprint density at radius 2 is 1.79 bits per heavy atom. The van der Waals surface area contributed by atoms with Gasteiger partial charge in [0, 0.05) is 17.7 Å². The standard InChI is InChI=1S/C16H16NO2/c1-13(2)19-16(18)15-8-10-17(11-9-15)12-14-6-4-3-5-7-14/h3-11H,1,12H2,2H3/q+1. The molecule has 0 aliphatic carbocycles. The van der Waals surface area contributed by atoms with Crippen molar-refractivity contribution in [3.63, 3.8) is 0 Å². The summed E-state index contributed by atoms with van der Waals surface area (Å²) in [5.41, 5.74) is 1.73. The number of esters is 1. The highest BCUT2D eigenvalue weighted by Crippen LogP contribution is 2.03. The molecule has 19 heavy (non-hydrogen) atoms. The highest BCUT2D eigenvalue weighted by atomic mass is 16.5. The number of aromatic nitrogens is 1. The van der Waals surface area contributed by atoms with Gasteiger partial charge in [-0.05, 0) is 6.92 Å². The van der Waals surface area contributed by atoms with Crippen molar-refractivity contribution < 1.29 is 14.1 Å². The molecule has 1 aromatic heterocycles. The second kappa shape index (κ2) is 5.96. The topological polar surface area (TPSA) is 30.2 Å². The maximum absolute atomic E-state index is 11.6. The normalized spacial score (nSPS) is 9.95. The quantitative estimate of drug-likeness (QED) is 0.477. The molecule has 0 aliphatic heterocycles. The molecule has 0 fully saturated rings. The molecule has 1 aromatic carbocycles. The molecule has 96 valence electrons. The van der Waals surface area contributed by atoms with Gasteiger partial charge in [0.1, 0.15) is 0 Å². The first-order valence-corrected chi connectivity index (χ1v) is 6.06. The summed E-state index contributed by atoms with van der Waals surface area (Å²) in [5.74, 6) is 0.0189. The van der Waals surface area contributed by atoms with Crippen LogP contribution in [0.5, 0.6) is 0 Å². The number of hydrogen-bond donors (Lipinski definition) is 0. The summed E-state index contributed by atoms with van der Waals surface area (Å²) in [7, 11) is 0. The first kappa shape index (κ1) is 13.0. The Labute approximate surface area is 112 Å². The van der Waals surface area contributed by atoms with Crippen molar-refractivity contribution in [2.75, 3.05) is 0 Å². The van der Waals surface area contributed by atoms with Crippen molar-refractivity contribution in [2.45, 2.75) is 13.5 Å². The Hall–Kier alpha value is -2.42. The lowest BCUT2D eigenvalue weighted by Crippen LogP contribution is -2.33. The van der Waals surface area contributed by atoms with Crippen LogP contribution < -0.4 is 4.57 Å². The van der Waals surface area contributed by atoms with Gasteiger partial charge in [0.2, 0.25) is 0 Å². The van der Waals surface area contributed by atoms with Crippen molar-refractivity contribution in [1.82, 2.24) is 0 Å². The average molecular weight is 254 g/mol. The largest absolute Gasteiger partial charge is 0.428 e. The van der Waals surface area contributed by atoms with E-state index in [0.717, 1.165) is 6.54 Å².